The predicted octanol–water partition coefficient (Wildman–Crippen LogP) is 2.99. The van der Waals surface area contributed by atoms with Crippen LogP contribution in [0.2, 0.25) is 0 Å². The maximum absolute atomic E-state index is 13.9. The summed E-state index contributed by atoms with van der Waals surface area (Å²) in [5.74, 6) is -0.688. The van der Waals surface area contributed by atoms with Gasteiger partial charge in [0.25, 0.3) is 5.91 Å². The van der Waals surface area contributed by atoms with E-state index in [9.17, 15) is 14.0 Å². The van der Waals surface area contributed by atoms with E-state index in [4.69, 9.17) is 0 Å². The number of hydrogen-bond acceptors (Lipinski definition) is 3. The standard InChI is InChI=1S/C20H16FN3O2/c21-16-7-3-1-5-14(16)13-9-11-24(12-10-13)20(26)18-19(25)15-6-2-4-8-17(15)22-23-18/h1-9H,10-12H2,(H,22,25). The summed E-state index contributed by atoms with van der Waals surface area (Å²) in [5, 5.41) is 7.16. The van der Waals surface area contributed by atoms with Gasteiger partial charge < -0.3 is 4.90 Å². The third kappa shape index (κ3) is 2.79. The number of aromatic amines is 1. The molecule has 0 atom stereocenters. The van der Waals surface area contributed by atoms with E-state index in [0.717, 1.165) is 5.57 Å². The zero-order valence-electron chi connectivity index (χ0n) is 13.9. The van der Waals surface area contributed by atoms with Crippen LogP contribution < -0.4 is 5.43 Å². The second kappa shape index (κ2) is 6.55. The van der Waals surface area contributed by atoms with Crippen molar-refractivity contribution in [1.29, 1.82) is 0 Å². The number of aromatic nitrogens is 2. The van der Waals surface area contributed by atoms with Crippen molar-refractivity contribution in [2.75, 3.05) is 13.1 Å². The molecular formula is C20H16FN3O2. The van der Waals surface area contributed by atoms with E-state index >= 15 is 0 Å². The van der Waals surface area contributed by atoms with Crippen LogP contribution in [0, 0.1) is 5.82 Å². The van der Waals surface area contributed by atoms with Crippen molar-refractivity contribution in [2.24, 2.45) is 0 Å². The Morgan fingerprint density at radius 1 is 1.12 bits per heavy atom. The molecule has 4 rings (SSSR count). The molecule has 2 aromatic carbocycles. The molecule has 0 radical (unpaired) electrons. The van der Waals surface area contributed by atoms with Gasteiger partial charge in [0.2, 0.25) is 5.43 Å². The third-order valence-corrected chi connectivity index (χ3v) is 4.59. The van der Waals surface area contributed by atoms with Crippen molar-refractivity contribution in [1.82, 2.24) is 15.1 Å². The van der Waals surface area contributed by atoms with Crippen molar-refractivity contribution in [3.05, 3.63) is 81.9 Å². The van der Waals surface area contributed by atoms with Crippen LogP contribution in [0.25, 0.3) is 16.5 Å². The third-order valence-electron chi connectivity index (χ3n) is 4.59. The minimum Gasteiger partial charge on any atom is -0.333 e. The molecule has 0 saturated heterocycles. The van der Waals surface area contributed by atoms with Crippen LogP contribution in [0.5, 0.6) is 0 Å². The second-order valence-corrected chi connectivity index (χ2v) is 6.16. The summed E-state index contributed by atoms with van der Waals surface area (Å²) < 4.78 is 13.9. The Kier molecular flexibility index (Phi) is 4.08. The van der Waals surface area contributed by atoms with E-state index in [-0.39, 0.29) is 16.9 Å². The molecule has 0 unspecified atom stereocenters. The summed E-state index contributed by atoms with van der Waals surface area (Å²) in [6.45, 7) is 0.726. The average molecular weight is 349 g/mol. The fourth-order valence-electron chi connectivity index (χ4n) is 3.19. The molecule has 1 aliphatic heterocycles. The number of nitrogens with zero attached hydrogens (tertiary/aromatic N) is 2. The van der Waals surface area contributed by atoms with E-state index in [2.05, 4.69) is 10.2 Å². The van der Waals surface area contributed by atoms with Gasteiger partial charge in [-0.1, -0.05) is 36.4 Å². The average Bonchev–Trinajstić information content (AvgIpc) is 2.69. The van der Waals surface area contributed by atoms with Crippen LogP contribution in [-0.4, -0.2) is 34.1 Å². The first-order valence-electron chi connectivity index (χ1n) is 8.36. The van der Waals surface area contributed by atoms with Crippen molar-refractivity contribution in [3.63, 3.8) is 0 Å². The quantitative estimate of drug-likeness (QED) is 0.773. The molecule has 1 aromatic heterocycles. The molecule has 5 nitrogen and oxygen atoms in total. The van der Waals surface area contributed by atoms with Crippen LogP contribution in [0.4, 0.5) is 4.39 Å². The summed E-state index contributed by atoms with van der Waals surface area (Å²) >= 11 is 0. The molecule has 130 valence electrons. The van der Waals surface area contributed by atoms with Crippen molar-refractivity contribution in [2.45, 2.75) is 6.42 Å². The molecule has 0 fully saturated rings. The molecule has 6 heteroatoms. The van der Waals surface area contributed by atoms with Gasteiger partial charge in [0, 0.05) is 24.0 Å². The number of nitrogens with one attached hydrogen (secondary N) is 1. The van der Waals surface area contributed by atoms with Gasteiger partial charge in [-0.3, -0.25) is 14.7 Å². The van der Waals surface area contributed by atoms with Gasteiger partial charge in [-0.05, 0) is 30.2 Å². The number of amides is 1. The number of fused-ring (bicyclic) bond motifs is 1. The number of carbonyl (C=O) groups excluding carboxylic acids is 1. The minimum absolute atomic E-state index is 0.119. The lowest BCUT2D eigenvalue weighted by molar-refractivity contribution is 0.0764. The van der Waals surface area contributed by atoms with Crippen LogP contribution in [-0.2, 0) is 0 Å². The van der Waals surface area contributed by atoms with Gasteiger partial charge in [0.15, 0.2) is 5.69 Å². The zero-order chi connectivity index (χ0) is 18.1. The Morgan fingerprint density at radius 3 is 2.65 bits per heavy atom. The van der Waals surface area contributed by atoms with Crippen LogP contribution >= 0.6 is 0 Å². The lowest BCUT2D eigenvalue weighted by atomic mass is 9.99. The molecule has 3 aromatic rings. The smallest absolute Gasteiger partial charge is 0.278 e. The number of halogens is 1. The Labute approximate surface area is 148 Å². The molecule has 26 heavy (non-hydrogen) atoms. The lowest BCUT2D eigenvalue weighted by Gasteiger charge is -2.26. The van der Waals surface area contributed by atoms with E-state index < -0.39 is 5.91 Å². The largest absolute Gasteiger partial charge is 0.333 e. The number of H-pyrrole nitrogens is 1. The number of carbonyl (C=O) groups is 1. The lowest BCUT2D eigenvalue weighted by Crippen LogP contribution is -2.38. The highest BCUT2D eigenvalue weighted by Gasteiger charge is 2.24. The summed E-state index contributed by atoms with van der Waals surface area (Å²) in [6.07, 6.45) is 2.35. The Bertz CT molecular complexity index is 1090. The highest BCUT2D eigenvalue weighted by Crippen LogP contribution is 2.25. The molecule has 0 spiro atoms. The summed E-state index contributed by atoms with van der Waals surface area (Å²) in [6, 6.07) is 13.5. The van der Waals surface area contributed by atoms with Gasteiger partial charge in [-0.15, -0.1) is 0 Å². The summed E-state index contributed by atoms with van der Waals surface area (Å²) in [4.78, 5) is 26.8. The topological polar surface area (TPSA) is 66.1 Å². The fraction of sp³-hybridized carbons (Fsp3) is 0.150. The molecular weight excluding hydrogens is 333 g/mol. The zero-order valence-corrected chi connectivity index (χ0v) is 13.9. The van der Waals surface area contributed by atoms with E-state index in [1.165, 1.54) is 6.07 Å². The van der Waals surface area contributed by atoms with Crippen LogP contribution in [0.15, 0.2) is 59.4 Å². The Morgan fingerprint density at radius 2 is 1.88 bits per heavy atom. The van der Waals surface area contributed by atoms with Crippen LogP contribution in [0.3, 0.4) is 0 Å². The van der Waals surface area contributed by atoms with Gasteiger partial charge in [0.1, 0.15) is 5.82 Å². The molecule has 2 heterocycles. The SMILES string of the molecule is O=C(c1n[nH]c2ccccc2c1=O)N1CC=C(c2ccccc2F)CC1. The number of rotatable bonds is 2. The first-order valence-corrected chi connectivity index (χ1v) is 8.36. The molecule has 0 bridgehead atoms. The number of hydrogen-bond donors (Lipinski definition) is 1. The van der Waals surface area contributed by atoms with Gasteiger partial charge in [-0.25, -0.2) is 4.39 Å². The minimum atomic E-state index is -0.416. The summed E-state index contributed by atoms with van der Waals surface area (Å²) in [5.41, 5.74) is 1.52. The summed E-state index contributed by atoms with van der Waals surface area (Å²) in [7, 11) is 0. The van der Waals surface area contributed by atoms with E-state index in [0.29, 0.717) is 36.0 Å². The maximum atomic E-state index is 13.9. The fourth-order valence-corrected chi connectivity index (χ4v) is 3.19. The van der Waals surface area contributed by atoms with E-state index in [1.807, 2.05) is 6.08 Å². The number of para-hydroxylation sites is 1. The van der Waals surface area contributed by atoms with Crippen molar-refractivity contribution in [3.8, 4) is 0 Å². The van der Waals surface area contributed by atoms with E-state index in [1.54, 1.807) is 47.4 Å². The second-order valence-electron chi connectivity index (χ2n) is 6.16. The number of benzene rings is 2. The molecule has 1 aliphatic rings. The van der Waals surface area contributed by atoms with Crippen molar-refractivity contribution >= 4 is 22.4 Å². The van der Waals surface area contributed by atoms with Gasteiger partial charge in [0.05, 0.1) is 5.52 Å². The molecule has 0 aliphatic carbocycles. The molecule has 0 saturated carbocycles. The Hall–Kier alpha value is -3.28. The monoisotopic (exact) mass is 349 g/mol. The highest BCUT2D eigenvalue weighted by molar-refractivity contribution is 5.95. The van der Waals surface area contributed by atoms with Crippen LogP contribution in [0.1, 0.15) is 22.5 Å². The first kappa shape index (κ1) is 16.2. The van der Waals surface area contributed by atoms with Gasteiger partial charge in [-0.2, -0.15) is 5.10 Å². The maximum Gasteiger partial charge on any atom is 0.278 e. The highest BCUT2D eigenvalue weighted by atomic mass is 19.1. The normalized spacial score (nSPS) is 14.3. The first-order chi connectivity index (χ1) is 12.6. The predicted molar refractivity (Wildman–Crippen MR) is 97.3 cm³/mol. The molecule has 1 N–H and O–H groups in total. The van der Waals surface area contributed by atoms with Gasteiger partial charge >= 0.3 is 0 Å². The van der Waals surface area contributed by atoms with Crippen molar-refractivity contribution < 1.29 is 9.18 Å². The Balaban J connectivity index is 1.60. The molecule has 1 amide bonds.